The van der Waals surface area contributed by atoms with Crippen LogP contribution in [0.1, 0.15) is 35.9 Å². The lowest BCUT2D eigenvalue weighted by atomic mass is 10.0. The molecule has 3 heterocycles. The van der Waals surface area contributed by atoms with Crippen molar-refractivity contribution in [1.29, 1.82) is 0 Å². The van der Waals surface area contributed by atoms with Crippen LogP contribution in [0.3, 0.4) is 0 Å². The molecule has 0 spiro atoms. The van der Waals surface area contributed by atoms with E-state index >= 15 is 0 Å². The van der Waals surface area contributed by atoms with Crippen LogP contribution < -0.4 is 14.9 Å². The first kappa shape index (κ1) is 25.8. The van der Waals surface area contributed by atoms with Gasteiger partial charge in [0.15, 0.2) is 11.2 Å². The summed E-state index contributed by atoms with van der Waals surface area (Å²) in [4.78, 5) is 35.3. The van der Waals surface area contributed by atoms with Crippen LogP contribution in [0.5, 0.6) is 17.2 Å². The molecule has 39 heavy (non-hydrogen) atoms. The number of Topliss-reactive ketones (excluding diaryl/α,β-unsaturated/α-hetero) is 1. The average Bonchev–Trinajstić information content (AvgIpc) is 2.94. The molecule has 0 bridgehead atoms. The summed E-state index contributed by atoms with van der Waals surface area (Å²) < 4.78 is 26.6. The topological polar surface area (TPSA) is 83.3 Å². The summed E-state index contributed by atoms with van der Waals surface area (Å²) in [5.74, 6) is 1.02. The van der Waals surface area contributed by atoms with Gasteiger partial charge in [-0.15, -0.1) is 0 Å². The normalized spacial score (nSPS) is 11.1. The van der Waals surface area contributed by atoms with E-state index in [0.29, 0.717) is 34.1 Å². The Morgan fingerprint density at radius 2 is 1.74 bits per heavy atom. The van der Waals surface area contributed by atoms with E-state index in [0.717, 1.165) is 10.9 Å². The number of rotatable bonds is 8. The maximum absolute atomic E-state index is 13.4. The second-order valence-electron chi connectivity index (χ2n) is 9.34. The predicted molar refractivity (Wildman–Crippen MR) is 147 cm³/mol. The molecule has 0 aliphatic heterocycles. The van der Waals surface area contributed by atoms with Crippen molar-refractivity contribution in [3.8, 4) is 28.4 Å². The van der Waals surface area contributed by atoms with Crippen LogP contribution in [-0.4, -0.2) is 27.4 Å². The third-order valence-corrected chi connectivity index (χ3v) is 6.37. The van der Waals surface area contributed by atoms with Crippen LogP contribution >= 0.6 is 0 Å². The molecular weight excluding hydrogens is 497 g/mol. The molecule has 3 aromatic heterocycles. The van der Waals surface area contributed by atoms with Crippen LogP contribution in [0.4, 0.5) is 4.39 Å². The Labute approximate surface area is 224 Å². The van der Waals surface area contributed by atoms with E-state index in [9.17, 15) is 14.0 Å². The number of methoxy groups -OCH3 is 1. The first-order chi connectivity index (χ1) is 18.8. The first-order valence-electron chi connectivity index (χ1n) is 12.4. The molecule has 0 radical (unpaired) electrons. The lowest BCUT2D eigenvalue weighted by Crippen LogP contribution is -2.22. The number of ether oxygens (including phenoxy) is 2. The van der Waals surface area contributed by atoms with E-state index in [1.165, 1.54) is 30.5 Å². The van der Waals surface area contributed by atoms with Crippen molar-refractivity contribution in [2.24, 2.45) is 0 Å². The number of nitrogens with zero attached hydrogens (tertiary/aromatic N) is 3. The van der Waals surface area contributed by atoms with Gasteiger partial charge in [0.05, 0.1) is 30.8 Å². The van der Waals surface area contributed by atoms with Crippen molar-refractivity contribution in [3.63, 3.8) is 0 Å². The number of halogens is 1. The summed E-state index contributed by atoms with van der Waals surface area (Å²) in [7, 11) is 1.60. The van der Waals surface area contributed by atoms with E-state index in [1.807, 2.05) is 36.6 Å². The Bertz CT molecular complexity index is 1710. The summed E-state index contributed by atoms with van der Waals surface area (Å²) in [6.45, 7) is 3.91. The van der Waals surface area contributed by atoms with Gasteiger partial charge >= 0.3 is 0 Å². The van der Waals surface area contributed by atoms with E-state index < -0.39 is 11.2 Å². The maximum atomic E-state index is 13.4. The van der Waals surface area contributed by atoms with Gasteiger partial charge in [-0.3, -0.25) is 19.6 Å². The van der Waals surface area contributed by atoms with Crippen LogP contribution in [0, 0.1) is 5.82 Å². The summed E-state index contributed by atoms with van der Waals surface area (Å²) in [6, 6.07) is 16.4. The number of pyridine rings is 3. The number of hydrogen-bond acceptors (Lipinski definition) is 6. The van der Waals surface area contributed by atoms with Gasteiger partial charge in [0.25, 0.3) is 0 Å². The molecule has 0 N–H and O–H groups in total. The highest BCUT2D eigenvalue weighted by Crippen LogP contribution is 2.31. The number of carbonyl (C=O) groups is 1. The van der Waals surface area contributed by atoms with Crippen molar-refractivity contribution in [2.75, 3.05) is 7.11 Å². The zero-order valence-corrected chi connectivity index (χ0v) is 21.7. The quantitative estimate of drug-likeness (QED) is 0.219. The van der Waals surface area contributed by atoms with Gasteiger partial charge in [0, 0.05) is 41.3 Å². The number of hydrogen-bond donors (Lipinski definition) is 0. The van der Waals surface area contributed by atoms with Crippen molar-refractivity contribution in [2.45, 2.75) is 26.3 Å². The lowest BCUT2D eigenvalue weighted by molar-refractivity contribution is 0.0990. The highest BCUT2D eigenvalue weighted by atomic mass is 19.1. The monoisotopic (exact) mass is 523 g/mol. The van der Waals surface area contributed by atoms with Gasteiger partial charge in [-0.25, -0.2) is 4.39 Å². The standard InChI is InChI=1S/C31H26FN3O4/c1-19(2)35-17-26(20-4-6-21(32)7-5-20)31(37)27(18-35)29(36)14-22-8-9-24(16-34-22)39-30-12-13-33-28-11-10-23(38-3)15-25(28)30/h4-13,15-19H,14H2,1-3H3. The molecule has 0 atom stereocenters. The molecule has 7 nitrogen and oxygen atoms in total. The van der Waals surface area contributed by atoms with Crippen LogP contribution in [0.25, 0.3) is 22.0 Å². The number of carbonyl (C=O) groups excluding carboxylic acids is 1. The first-order valence-corrected chi connectivity index (χ1v) is 12.4. The molecule has 5 aromatic rings. The smallest absolute Gasteiger partial charge is 0.200 e. The minimum absolute atomic E-state index is 0.00939. The summed E-state index contributed by atoms with van der Waals surface area (Å²) >= 11 is 0. The Morgan fingerprint density at radius 3 is 2.44 bits per heavy atom. The molecule has 2 aromatic carbocycles. The van der Waals surface area contributed by atoms with Crippen molar-refractivity contribution in [1.82, 2.24) is 14.5 Å². The van der Waals surface area contributed by atoms with Gasteiger partial charge in [-0.05, 0) is 67.9 Å². The van der Waals surface area contributed by atoms with E-state index in [1.54, 1.807) is 43.9 Å². The van der Waals surface area contributed by atoms with Crippen LogP contribution in [0.15, 0.2) is 90.2 Å². The van der Waals surface area contributed by atoms with Crippen molar-refractivity contribution in [3.05, 3.63) is 113 Å². The Kier molecular flexibility index (Phi) is 7.19. The Hall–Kier alpha value is -4.85. The molecule has 0 fully saturated rings. The minimum atomic E-state index is -0.400. The summed E-state index contributed by atoms with van der Waals surface area (Å²) in [5.41, 5.74) is 1.81. The molecule has 0 unspecified atom stereocenters. The maximum Gasteiger partial charge on any atom is 0.200 e. The lowest BCUT2D eigenvalue weighted by Gasteiger charge is -2.15. The number of ketones is 1. The fraction of sp³-hybridized carbons (Fsp3) is 0.161. The highest BCUT2D eigenvalue weighted by Gasteiger charge is 2.18. The minimum Gasteiger partial charge on any atom is -0.497 e. The van der Waals surface area contributed by atoms with Crippen molar-refractivity contribution < 1.29 is 18.7 Å². The zero-order chi connectivity index (χ0) is 27.5. The molecule has 0 saturated heterocycles. The fourth-order valence-electron chi connectivity index (χ4n) is 4.21. The number of fused-ring (bicyclic) bond motifs is 1. The zero-order valence-electron chi connectivity index (χ0n) is 21.7. The molecule has 0 saturated carbocycles. The van der Waals surface area contributed by atoms with E-state index in [2.05, 4.69) is 9.97 Å². The summed E-state index contributed by atoms with van der Waals surface area (Å²) in [5, 5.41) is 0.790. The molecule has 5 rings (SSSR count). The molecule has 196 valence electrons. The molecule has 0 amide bonds. The molecule has 8 heteroatoms. The van der Waals surface area contributed by atoms with E-state index in [4.69, 9.17) is 9.47 Å². The fourth-order valence-corrected chi connectivity index (χ4v) is 4.21. The van der Waals surface area contributed by atoms with Crippen molar-refractivity contribution >= 4 is 16.7 Å². The second kappa shape index (κ2) is 10.9. The second-order valence-corrected chi connectivity index (χ2v) is 9.34. The molecule has 0 aliphatic carbocycles. The largest absolute Gasteiger partial charge is 0.497 e. The highest BCUT2D eigenvalue weighted by molar-refractivity contribution is 5.98. The molecule has 0 aliphatic rings. The van der Waals surface area contributed by atoms with E-state index in [-0.39, 0.29) is 23.8 Å². The van der Waals surface area contributed by atoms with Gasteiger partial charge in [-0.2, -0.15) is 0 Å². The predicted octanol–water partition coefficient (Wildman–Crippen LogP) is 6.40. The summed E-state index contributed by atoms with van der Waals surface area (Å²) in [6.07, 6.45) is 6.41. The van der Waals surface area contributed by atoms with Gasteiger partial charge in [0.1, 0.15) is 23.1 Å². The van der Waals surface area contributed by atoms with Crippen LogP contribution in [-0.2, 0) is 6.42 Å². The van der Waals surface area contributed by atoms with Gasteiger partial charge in [-0.1, -0.05) is 12.1 Å². The van der Waals surface area contributed by atoms with Gasteiger partial charge < -0.3 is 14.0 Å². The SMILES string of the molecule is COc1ccc2nccc(Oc3ccc(CC(=O)c4cn(C(C)C)cc(-c5ccc(F)cc5)c4=O)nc3)c2c1. The molecular formula is C31H26FN3O4. The van der Waals surface area contributed by atoms with Gasteiger partial charge in [0.2, 0.25) is 0 Å². The third-order valence-electron chi connectivity index (χ3n) is 6.37. The number of benzene rings is 2. The Morgan fingerprint density at radius 1 is 0.974 bits per heavy atom. The van der Waals surface area contributed by atoms with Crippen LogP contribution in [0.2, 0.25) is 0 Å². The Balaban J connectivity index is 1.39. The average molecular weight is 524 g/mol. The number of aromatic nitrogens is 3. The third kappa shape index (κ3) is 5.55.